The second kappa shape index (κ2) is 7.49. The summed E-state index contributed by atoms with van der Waals surface area (Å²) in [5.41, 5.74) is 8.29. The maximum Gasteiger partial charge on any atom is 0.242 e. The average Bonchev–Trinajstić information content (AvgIpc) is 3.06. The highest BCUT2D eigenvalue weighted by Gasteiger charge is 2.30. The van der Waals surface area contributed by atoms with Gasteiger partial charge in [-0.15, -0.1) is 11.8 Å². The molecule has 1 fully saturated rings. The molecule has 1 aliphatic heterocycles. The minimum atomic E-state index is -0.249. The number of amides is 1. The quantitative estimate of drug-likeness (QED) is 0.695. The Balaban J connectivity index is 1.61. The molecule has 3 N–H and O–H groups in total. The summed E-state index contributed by atoms with van der Waals surface area (Å²) in [7, 11) is 0. The summed E-state index contributed by atoms with van der Waals surface area (Å²) in [6, 6.07) is 15.9. The van der Waals surface area contributed by atoms with Crippen LogP contribution >= 0.6 is 27.7 Å². The molecule has 0 spiro atoms. The Morgan fingerprint density at radius 2 is 2.00 bits per heavy atom. The van der Waals surface area contributed by atoms with Gasteiger partial charge in [0.2, 0.25) is 5.91 Å². The van der Waals surface area contributed by atoms with Gasteiger partial charge in [0.25, 0.3) is 0 Å². The van der Waals surface area contributed by atoms with Crippen molar-refractivity contribution in [3.05, 3.63) is 58.6 Å². The number of thioether (sulfide) groups is 1. The van der Waals surface area contributed by atoms with Crippen LogP contribution in [0.4, 0.5) is 5.69 Å². The van der Waals surface area contributed by atoms with Gasteiger partial charge in [-0.25, -0.2) is 10.9 Å². The predicted molar refractivity (Wildman–Crippen MR) is 98.4 cm³/mol. The Morgan fingerprint density at radius 3 is 2.74 bits per heavy atom. The van der Waals surface area contributed by atoms with Crippen molar-refractivity contribution in [3.8, 4) is 0 Å². The minimum absolute atomic E-state index is 0.0182. The molecule has 0 radical (unpaired) electrons. The van der Waals surface area contributed by atoms with Crippen LogP contribution in [-0.4, -0.2) is 18.2 Å². The van der Waals surface area contributed by atoms with E-state index in [9.17, 15) is 4.79 Å². The van der Waals surface area contributed by atoms with Gasteiger partial charge in [0, 0.05) is 21.1 Å². The van der Waals surface area contributed by atoms with Crippen molar-refractivity contribution in [1.82, 2.24) is 10.9 Å². The number of anilines is 1. The van der Waals surface area contributed by atoms with Crippen molar-refractivity contribution in [2.75, 3.05) is 11.6 Å². The molecule has 2 atom stereocenters. The van der Waals surface area contributed by atoms with E-state index >= 15 is 0 Å². The average molecular weight is 392 g/mol. The zero-order valence-corrected chi connectivity index (χ0v) is 15.1. The number of rotatable bonds is 4. The van der Waals surface area contributed by atoms with E-state index in [0.717, 1.165) is 21.5 Å². The second-order valence-corrected chi connectivity index (χ2v) is 7.20. The van der Waals surface area contributed by atoms with Crippen molar-refractivity contribution < 1.29 is 4.79 Å². The molecule has 1 amide bonds. The summed E-state index contributed by atoms with van der Waals surface area (Å²) in [6.07, 6.45) is 2.74. The van der Waals surface area contributed by atoms with Crippen molar-refractivity contribution in [3.63, 3.8) is 0 Å². The fourth-order valence-electron chi connectivity index (χ4n) is 2.57. The lowest BCUT2D eigenvalue weighted by atomic mass is 10.0. The molecule has 0 saturated carbocycles. The van der Waals surface area contributed by atoms with Gasteiger partial charge in [-0.2, -0.15) is 0 Å². The van der Waals surface area contributed by atoms with Gasteiger partial charge in [-0.1, -0.05) is 34.1 Å². The molecule has 2 unspecified atom stereocenters. The molecule has 2 aromatic carbocycles. The number of benzene rings is 2. The number of carbonyl (C=O) groups excluding carboxylic acids is 1. The molecule has 1 saturated heterocycles. The first-order chi connectivity index (χ1) is 11.2. The van der Waals surface area contributed by atoms with E-state index in [1.54, 1.807) is 11.8 Å². The minimum Gasteiger partial charge on any atom is -0.325 e. The number of halogens is 1. The summed E-state index contributed by atoms with van der Waals surface area (Å²) in [5, 5.41) is 2.98. The Labute approximate surface area is 148 Å². The molecule has 23 heavy (non-hydrogen) atoms. The molecule has 0 bridgehead atoms. The molecular weight excluding hydrogens is 374 g/mol. The van der Waals surface area contributed by atoms with Crippen LogP contribution < -0.4 is 16.2 Å². The number of carbonyl (C=O) groups is 1. The van der Waals surface area contributed by atoms with Crippen LogP contribution in [0.1, 0.15) is 18.0 Å². The number of hydrogen-bond donors (Lipinski definition) is 3. The van der Waals surface area contributed by atoms with Crippen molar-refractivity contribution in [1.29, 1.82) is 0 Å². The van der Waals surface area contributed by atoms with Crippen LogP contribution in [0.15, 0.2) is 57.9 Å². The van der Waals surface area contributed by atoms with Crippen molar-refractivity contribution >= 4 is 39.3 Å². The van der Waals surface area contributed by atoms with E-state index < -0.39 is 0 Å². The Hall–Kier alpha value is -1.34. The van der Waals surface area contributed by atoms with Crippen LogP contribution in [0.5, 0.6) is 0 Å². The van der Waals surface area contributed by atoms with Crippen LogP contribution in [0.2, 0.25) is 0 Å². The van der Waals surface area contributed by atoms with E-state index in [0.29, 0.717) is 0 Å². The SMILES string of the molecule is CSc1cccc(NC(=O)C2CC(c3ccc(Br)cc3)NN2)c1. The third kappa shape index (κ3) is 4.14. The lowest BCUT2D eigenvalue weighted by molar-refractivity contribution is -0.117. The molecule has 6 heteroatoms. The van der Waals surface area contributed by atoms with Crippen molar-refractivity contribution in [2.45, 2.75) is 23.4 Å². The van der Waals surface area contributed by atoms with Crippen molar-refractivity contribution in [2.24, 2.45) is 0 Å². The third-order valence-electron chi connectivity index (χ3n) is 3.83. The molecule has 120 valence electrons. The topological polar surface area (TPSA) is 53.2 Å². The number of hydrogen-bond acceptors (Lipinski definition) is 4. The zero-order chi connectivity index (χ0) is 16.2. The van der Waals surface area contributed by atoms with Gasteiger partial charge in [-0.3, -0.25) is 4.79 Å². The highest BCUT2D eigenvalue weighted by atomic mass is 79.9. The molecule has 2 aromatic rings. The summed E-state index contributed by atoms with van der Waals surface area (Å²) >= 11 is 5.09. The van der Waals surface area contributed by atoms with Crippen LogP contribution in [0.25, 0.3) is 0 Å². The molecule has 1 heterocycles. The van der Waals surface area contributed by atoms with E-state index in [4.69, 9.17) is 0 Å². The maximum absolute atomic E-state index is 12.4. The summed E-state index contributed by atoms with van der Waals surface area (Å²) in [4.78, 5) is 13.5. The summed E-state index contributed by atoms with van der Waals surface area (Å²) < 4.78 is 1.05. The van der Waals surface area contributed by atoms with E-state index in [1.807, 2.05) is 42.7 Å². The van der Waals surface area contributed by atoms with Crippen LogP contribution in [0, 0.1) is 0 Å². The smallest absolute Gasteiger partial charge is 0.242 e. The Morgan fingerprint density at radius 1 is 1.22 bits per heavy atom. The largest absolute Gasteiger partial charge is 0.325 e. The Kier molecular flexibility index (Phi) is 5.38. The lowest BCUT2D eigenvalue weighted by Crippen LogP contribution is -2.39. The summed E-state index contributed by atoms with van der Waals surface area (Å²) in [5.74, 6) is -0.0182. The molecule has 0 aromatic heterocycles. The molecule has 1 aliphatic rings. The van der Waals surface area contributed by atoms with E-state index in [2.05, 4.69) is 44.2 Å². The Bertz CT molecular complexity index is 692. The number of nitrogens with one attached hydrogen (secondary N) is 3. The van der Waals surface area contributed by atoms with Gasteiger partial charge < -0.3 is 5.32 Å². The summed E-state index contributed by atoms with van der Waals surface area (Å²) in [6.45, 7) is 0. The standard InChI is InChI=1S/C17H18BrN3OS/c1-23-14-4-2-3-13(9-14)19-17(22)16-10-15(20-21-16)11-5-7-12(18)8-6-11/h2-9,15-16,20-21H,10H2,1H3,(H,19,22). The first-order valence-electron chi connectivity index (χ1n) is 7.37. The highest BCUT2D eigenvalue weighted by Crippen LogP contribution is 2.25. The van der Waals surface area contributed by atoms with Gasteiger partial charge >= 0.3 is 0 Å². The first-order valence-corrected chi connectivity index (χ1v) is 9.39. The zero-order valence-electron chi connectivity index (χ0n) is 12.7. The van der Waals surface area contributed by atoms with Gasteiger partial charge in [0.1, 0.15) is 6.04 Å². The van der Waals surface area contributed by atoms with Crippen LogP contribution in [-0.2, 0) is 4.79 Å². The fraction of sp³-hybridized carbons (Fsp3) is 0.235. The number of hydrazine groups is 1. The second-order valence-electron chi connectivity index (χ2n) is 5.40. The van der Waals surface area contributed by atoms with Crippen LogP contribution in [0.3, 0.4) is 0 Å². The van der Waals surface area contributed by atoms with Gasteiger partial charge in [-0.05, 0) is 48.6 Å². The highest BCUT2D eigenvalue weighted by molar-refractivity contribution is 9.10. The molecular formula is C17H18BrN3OS. The molecule has 3 rings (SSSR count). The lowest BCUT2D eigenvalue weighted by Gasteiger charge is -2.11. The fourth-order valence-corrected chi connectivity index (χ4v) is 3.30. The maximum atomic E-state index is 12.4. The predicted octanol–water partition coefficient (Wildman–Crippen LogP) is 3.72. The third-order valence-corrected chi connectivity index (χ3v) is 5.08. The van der Waals surface area contributed by atoms with Gasteiger partial charge in [0.15, 0.2) is 0 Å². The van der Waals surface area contributed by atoms with E-state index in [-0.39, 0.29) is 18.0 Å². The molecule has 4 nitrogen and oxygen atoms in total. The normalized spacial score (nSPS) is 20.4. The first kappa shape index (κ1) is 16.5. The monoisotopic (exact) mass is 391 g/mol. The molecule has 0 aliphatic carbocycles. The van der Waals surface area contributed by atoms with E-state index in [1.165, 1.54) is 5.56 Å². The van der Waals surface area contributed by atoms with Gasteiger partial charge in [0.05, 0.1) is 0 Å².